The van der Waals surface area contributed by atoms with Crippen molar-refractivity contribution in [1.82, 2.24) is 25.4 Å². The molecule has 1 aliphatic heterocycles. The Morgan fingerprint density at radius 3 is 2.42 bits per heavy atom. The van der Waals surface area contributed by atoms with Crippen LogP contribution in [-0.2, 0) is 16.0 Å². The summed E-state index contributed by atoms with van der Waals surface area (Å²) in [4.78, 5) is 33.6. The lowest BCUT2D eigenvalue weighted by Gasteiger charge is -2.39. The van der Waals surface area contributed by atoms with Gasteiger partial charge in [0.15, 0.2) is 0 Å². The van der Waals surface area contributed by atoms with Gasteiger partial charge in [0.25, 0.3) is 0 Å². The standard InChI is InChI=1S/C24H33N5O2/c1-2-28-14-16-29(17-15-28)22(21-11-7-12-25-18-21)19-27-24(31)23(30)26-13-6-10-20-8-4-3-5-9-20/h3-5,7-9,11-12,18,22H,2,6,10,13-17,19H2,1H3,(H,26,30)(H,27,31)/t22-/m1/s1. The van der Waals surface area contributed by atoms with Crippen molar-refractivity contribution in [2.75, 3.05) is 45.8 Å². The minimum absolute atomic E-state index is 0.00235. The lowest BCUT2D eigenvalue weighted by atomic mass is 10.1. The van der Waals surface area contributed by atoms with Gasteiger partial charge in [0.2, 0.25) is 0 Å². The van der Waals surface area contributed by atoms with E-state index < -0.39 is 11.8 Å². The number of hydrogen-bond acceptors (Lipinski definition) is 5. The van der Waals surface area contributed by atoms with Crippen LogP contribution in [0.25, 0.3) is 0 Å². The summed E-state index contributed by atoms with van der Waals surface area (Å²) >= 11 is 0. The number of aryl methyl sites for hydroxylation is 1. The summed E-state index contributed by atoms with van der Waals surface area (Å²) in [7, 11) is 0. The molecule has 0 aliphatic carbocycles. The fourth-order valence-electron chi connectivity index (χ4n) is 3.91. The summed E-state index contributed by atoms with van der Waals surface area (Å²) in [6.45, 7) is 7.94. The van der Waals surface area contributed by atoms with Crippen LogP contribution >= 0.6 is 0 Å². The highest BCUT2D eigenvalue weighted by atomic mass is 16.2. The molecule has 7 heteroatoms. The molecule has 0 saturated carbocycles. The summed E-state index contributed by atoms with van der Waals surface area (Å²) in [5.41, 5.74) is 2.28. The first-order valence-electron chi connectivity index (χ1n) is 11.1. The van der Waals surface area contributed by atoms with Gasteiger partial charge in [-0.2, -0.15) is 0 Å². The first-order valence-corrected chi connectivity index (χ1v) is 11.1. The van der Waals surface area contributed by atoms with E-state index in [4.69, 9.17) is 0 Å². The Morgan fingerprint density at radius 2 is 1.74 bits per heavy atom. The van der Waals surface area contributed by atoms with Crippen molar-refractivity contribution in [3.05, 3.63) is 66.0 Å². The number of piperazine rings is 1. The number of aromatic nitrogens is 1. The number of amides is 2. The molecule has 0 bridgehead atoms. The van der Waals surface area contributed by atoms with Gasteiger partial charge in [-0.25, -0.2) is 0 Å². The number of hydrogen-bond donors (Lipinski definition) is 2. The SMILES string of the molecule is CCN1CCN([C@H](CNC(=O)C(=O)NCCCc2ccccc2)c2cccnc2)CC1. The molecule has 0 unspecified atom stereocenters. The Bertz CT molecular complexity index is 807. The van der Waals surface area contributed by atoms with Crippen molar-refractivity contribution >= 4 is 11.8 Å². The second-order valence-electron chi connectivity index (χ2n) is 7.83. The van der Waals surface area contributed by atoms with Gasteiger partial charge < -0.3 is 15.5 Å². The lowest BCUT2D eigenvalue weighted by Crippen LogP contribution is -2.50. The van der Waals surface area contributed by atoms with Gasteiger partial charge in [-0.1, -0.05) is 43.3 Å². The topological polar surface area (TPSA) is 77.6 Å². The van der Waals surface area contributed by atoms with Crippen LogP contribution in [0.5, 0.6) is 0 Å². The van der Waals surface area contributed by atoms with Crippen molar-refractivity contribution in [2.24, 2.45) is 0 Å². The predicted octanol–water partition coefficient (Wildman–Crippen LogP) is 1.63. The monoisotopic (exact) mass is 423 g/mol. The van der Waals surface area contributed by atoms with Crippen LogP contribution in [0.1, 0.15) is 30.5 Å². The molecule has 0 spiro atoms. The third kappa shape index (κ3) is 7.15. The lowest BCUT2D eigenvalue weighted by molar-refractivity contribution is -0.139. The van der Waals surface area contributed by atoms with E-state index in [0.29, 0.717) is 13.1 Å². The number of carbonyl (C=O) groups excluding carboxylic acids is 2. The molecule has 166 valence electrons. The van der Waals surface area contributed by atoms with Crippen molar-refractivity contribution in [1.29, 1.82) is 0 Å². The molecule has 1 saturated heterocycles. The van der Waals surface area contributed by atoms with Crippen molar-refractivity contribution in [3.63, 3.8) is 0 Å². The third-order valence-corrected chi connectivity index (χ3v) is 5.80. The molecule has 1 aromatic carbocycles. The third-order valence-electron chi connectivity index (χ3n) is 5.80. The van der Waals surface area contributed by atoms with E-state index in [9.17, 15) is 9.59 Å². The van der Waals surface area contributed by atoms with E-state index >= 15 is 0 Å². The second-order valence-corrected chi connectivity index (χ2v) is 7.83. The average molecular weight is 424 g/mol. The Labute approximate surface area is 184 Å². The first kappa shape index (κ1) is 22.9. The first-order chi connectivity index (χ1) is 15.2. The number of benzene rings is 1. The highest BCUT2D eigenvalue weighted by Gasteiger charge is 2.26. The maximum absolute atomic E-state index is 12.4. The fraction of sp³-hybridized carbons (Fsp3) is 0.458. The van der Waals surface area contributed by atoms with E-state index in [2.05, 4.69) is 44.5 Å². The van der Waals surface area contributed by atoms with Gasteiger partial charge in [-0.3, -0.25) is 19.5 Å². The number of nitrogens with one attached hydrogen (secondary N) is 2. The molecule has 3 rings (SSSR count). The maximum atomic E-state index is 12.4. The number of rotatable bonds is 9. The van der Waals surface area contributed by atoms with Crippen LogP contribution in [0, 0.1) is 0 Å². The van der Waals surface area contributed by atoms with Crippen LogP contribution < -0.4 is 10.6 Å². The molecule has 2 aromatic rings. The highest BCUT2D eigenvalue weighted by molar-refractivity contribution is 6.35. The van der Waals surface area contributed by atoms with Gasteiger partial charge in [-0.05, 0) is 36.6 Å². The summed E-state index contributed by atoms with van der Waals surface area (Å²) in [5.74, 6) is -1.16. The zero-order valence-corrected chi connectivity index (χ0v) is 18.3. The van der Waals surface area contributed by atoms with E-state index in [1.54, 1.807) is 6.20 Å². The summed E-state index contributed by atoms with van der Waals surface area (Å²) in [6.07, 6.45) is 5.25. The zero-order valence-electron chi connectivity index (χ0n) is 18.3. The molecule has 1 atom stereocenters. The van der Waals surface area contributed by atoms with Crippen molar-refractivity contribution in [3.8, 4) is 0 Å². The van der Waals surface area contributed by atoms with Crippen LogP contribution in [0.2, 0.25) is 0 Å². The minimum Gasteiger partial charge on any atom is -0.348 e. The molecular weight excluding hydrogens is 390 g/mol. The van der Waals surface area contributed by atoms with Gasteiger partial charge in [0.1, 0.15) is 0 Å². The fourth-order valence-corrected chi connectivity index (χ4v) is 3.91. The van der Waals surface area contributed by atoms with E-state index in [-0.39, 0.29) is 6.04 Å². The summed E-state index contributed by atoms with van der Waals surface area (Å²) in [5, 5.41) is 5.55. The van der Waals surface area contributed by atoms with E-state index in [0.717, 1.165) is 51.1 Å². The number of nitrogens with zero attached hydrogens (tertiary/aromatic N) is 3. The minimum atomic E-state index is -0.583. The molecule has 1 aromatic heterocycles. The summed E-state index contributed by atoms with van der Waals surface area (Å²) < 4.78 is 0. The number of carbonyl (C=O) groups is 2. The maximum Gasteiger partial charge on any atom is 0.309 e. The van der Waals surface area contributed by atoms with Gasteiger partial charge in [-0.15, -0.1) is 0 Å². The van der Waals surface area contributed by atoms with Crippen LogP contribution in [0.3, 0.4) is 0 Å². The predicted molar refractivity (Wildman–Crippen MR) is 121 cm³/mol. The van der Waals surface area contributed by atoms with Crippen LogP contribution in [0.4, 0.5) is 0 Å². The molecule has 0 radical (unpaired) electrons. The normalized spacial score (nSPS) is 15.9. The van der Waals surface area contributed by atoms with Crippen molar-refractivity contribution in [2.45, 2.75) is 25.8 Å². The smallest absolute Gasteiger partial charge is 0.309 e. The highest BCUT2D eigenvalue weighted by Crippen LogP contribution is 2.21. The number of likely N-dealkylation sites (N-methyl/N-ethyl adjacent to an activating group) is 1. The molecular formula is C24H33N5O2. The molecule has 31 heavy (non-hydrogen) atoms. The quantitative estimate of drug-likeness (QED) is 0.474. The van der Waals surface area contributed by atoms with Gasteiger partial charge >= 0.3 is 11.8 Å². The Balaban J connectivity index is 1.47. The molecule has 1 aliphatic rings. The molecule has 2 heterocycles. The van der Waals surface area contributed by atoms with Gasteiger partial charge in [0, 0.05) is 51.7 Å². The zero-order chi connectivity index (χ0) is 21.9. The molecule has 2 N–H and O–H groups in total. The number of pyridine rings is 1. The Hall–Kier alpha value is -2.77. The van der Waals surface area contributed by atoms with Crippen molar-refractivity contribution < 1.29 is 9.59 Å². The second kappa shape index (κ2) is 12.2. The molecule has 2 amide bonds. The largest absolute Gasteiger partial charge is 0.348 e. The van der Waals surface area contributed by atoms with Gasteiger partial charge in [0.05, 0.1) is 6.04 Å². The van der Waals surface area contributed by atoms with Crippen LogP contribution in [0.15, 0.2) is 54.9 Å². The van der Waals surface area contributed by atoms with E-state index in [1.807, 2.05) is 36.5 Å². The average Bonchev–Trinajstić information content (AvgIpc) is 2.83. The summed E-state index contributed by atoms with van der Waals surface area (Å²) in [6, 6.07) is 14.1. The van der Waals surface area contributed by atoms with E-state index in [1.165, 1.54) is 5.56 Å². The molecule has 1 fully saturated rings. The van der Waals surface area contributed by atoms with Crippen LogP contribution in [-0.4, -0.2) is 72.4 Å². The Kier molecular flexibility index (Phi) is 8.99. The molecule has 7 nitrogen and oxygen atoms in total. The Morgan fingerprint density at radius 1 is 1.00 bits per heavy atom.